The first-order valence-corrected chi connectivity index (χ1v) is 8.59. The second-order valence-corrected chi connectivity index (χ2v) is 7.34. The summed E-state index contributed by atoms with van der Waals surface area (Å²) in [6.45, 7) is 12.8. The number of hydrogen-bond donors (Lipinski definition) is 1. The number of amides is 3. The van der Waals surface area contributed by atoms with E-state index in [0.717, 1.165) is 6.42 Å². The van der Waals surface area contributed by atoms with Gasteiger partial charge in [-0.15, -0.1) is 0 Å². The van der Waals surface area contributed by atoms with Crippen LogP contribution in [0.25, 0.3) is 0 Å². The summed E-state index contributed by atoms with van der Waals surface area (Å²) in [6, 6.07) is -0.617. The first kappa shape index (κ1) is 20.3. The van der Waals surface area contributed by atoms with Crippen LogP contribution in [-0.2, 0) is 14.3 Å². The van der Waals surface area contributed by atoms with Crippen LogP contribution in [0, 0.1) is 5.92 Å². The Labute approximate surface area is 144 Å². The molecule has 138 valence electrons. The SMILES string of the molecule is CCC(C)C(NC(=O)OC(C)(C)C)C(=O)N1CCN(C(C)=O)CC1. The van der Waals surface area contributed by atoms with Gasteiger partial charge in [0.1, 0.15) is 11.6 Å². The predicted molar refractivity (Wildman–Crippen MR) is 91.4 cm³/mol. The smallest absolute Gasteiger partial charge is 0.408 e. The molecule has 0 aliphatic carbocycles. The van der Waals surface area contributed by atoms with E-state index < -0.39 is 17.7 Å². The summed E-state index contributed by atoms with van der Waals surface area (Å²) >= 11 is 0. The molecule has 3 amide bonds. The normalized spacial score (nSPS) is 17.9. The number of nitrogens with zero attached hydrogens (tertiary/aromatic N) is 2. The lowest BCUT2D eigenvalue weighted by Crippen LogP contribution is -2.57. The van der Waals surface area contributed by atoms with Crippen LogP contribution in [0.3, 0.4) is 0 Å². The molecule has 0 aromatic carbocycles. The number of rotatable bonds is 4. The minimum Gasteiger partial charge on any atom is -0.444 e. The van der Waals surface area contributed by atoms with E-state index in [0.29, 0.717) is 26.2 Å². The summed E-state index contributed by atoms with van der Waals surface area (Å²) in [5.74, 6) is -0.0956. The average Bonchev–Trinajstić information content (AvgIpc) is 2.49. The lowest BCUT2D eigenvalue weighted by atomic mass is 9.97. The van der Waals surface area contributed by atoms with Crippen LogP contribution in [0.4, 0.5) is 4.79 Å². The number of piperazine rings is 1. The molecule has 0 radical (unpaired) electrons. The molecule has 7 heteroatoms. The Morgan fingerprint density at radius 2 is 1.58 bits per heavy atom. The van der Waals surface area contributed by atoms with E-state index in [4.69, 9.17) is 4.74 Å². The van der Waals surface area contributed by atoms with Crippen molar-refractivity contribution in [2.24, 2.45) is 5.92 Å². The zero-order valence-electron chi connectivity index (χ0n) is 15.7. The van der Waals surface area contributed by atoms with Crippen molar-refractivity contribution in [3.63, 3.8) is 0 Å². The van der Waals surface area contributed by atoms with Crippen LogP contribution in [-0.4, -0.2) is 65.5 Å². The van der Waals surface area contributed by atoms with Gasteiger partial charge >= 0.3 is 6.09 Å². The molecule has 1 fully saturated rings. The Bertz CT molecular complexity index is 465. The summed E-state index contributed by atoms with van der Waals surface area (Å²) in [7, 11) is 0. The molecule has 7 nitrogen and oxygen atoms in total. The van der Waals surface area contributed by atoms with Gasteiger partial charge in [-0.3, -0.25) is 9.59 Å². The molecule has 2 unspecified atom stereocenters. The molecule has 0 spiro atoms. The van der Waals surface area contributed by atoms with Crippen molar-refractivity contribution in [1.29, 1.82) is 0 Å². The van der Waals surface area contributed by atoms with E-state index in [2.05, 4.69) is 5.32 Å². The molecule has 1 aliphatic rings. The fourth-order valence-corrected chi connectivity index (χ4v) is 2.56. The van der Waals surface area contributed by atoms with Gasteiger partial charge in [-0.25, -0.2) is 4.79 Å². The Balaban J connectivity index is 2.72. The fraction of sp³-hybridized carbons (Fsp3) is 0.824. The molecule has 0 aromatic rings. The van der Waals surface area contributed by atoms with Crippen LogP contribution in [0.2, 0.25) is 0 Å². The summed E-state index contributed by atoms with van der Waals surface area (Å²) in [5.41, 5.74) is -0.611. The Kier molecular flexibility index (Phi) is 7.05. The van der Waals surface area contributed by atoms with Crippen molar-refractivity contribution in [2.45, 2.75) is 59.6 Å². The van der Waals surface area contributed by atoms with Crippen LogP contribution in [0.5, 0.6) is 0 Å². The largest absolute Gasteiger partial charge is 0.444 e. The van der Waals surface area contributed by atoms with Crippen molar-refractivity contribution in [2.75, 3.05) is 26.2 Å². The summed E-state index contributed by atoms with van der Waals surface area (Å²) < 4.78 is 5.28. The van der Waals surface area contributed by atoms with Crippen molar-refractivity contribution in [3.8, 4) is 0 Å². The highest BCUT2D eigenvalue weighted by atomic mass is 16.6. The lowest BCUT2D eigenvalue weighted by molar-refractivity contribution is -0.140. The van der Waals surface area contributed by atoms with E-state index in [1.54, 1.807) is 30.6 Å². The third-order valence-corrected chi connectivity index (χ3v) is 4.19. The Morgan fingerprint density at radius 1 is 1.08 bits per heavy atom. The van der Waals surface area contributed by atoms with E-state index in [1.165, 1.54) is 6.92 Å². The molecule has 1 heterocycles. The zero-order valence-corrected chi connectivity index (χ0v) is 15.7. The molecule has 1 N–H and O–H groups in total. The molecular formula is C17H31N3O4. The van der Waals surface area contributed by atoms with Crippen LogP contribution >= 0.6 is 0 Å². The summed E-state index contributed by atoms with van der Waals surface area (Å²) in [4.78, 5) is 39.7. The molecule has 1 aliphatic heterocycles. The van der Waals surface area contributed by atoms with Crippen molar-refractivity contribution >= 4 is 17.9 Å². The first-order valence-electron chi connectivity index (χ1n) is 8.59. The Morgan fingerprint density at radius 3 is 2.00 bits per heavy atom. The van der Waals surface area contributed by atoms with Gasteiger partial charge < -0.3 is 19.9 Å². The second-order valence-electron chi connectivity index (χ2n) is 7.34. The lowest BCUT2D eigenvalue weighted by Gasteiger charge is -2.37. The van der Waals surface area contributed by atoms with Crippen LogP contribution < -0.4 is 5.32 Å². The maximum atomic E-state index is 12.8. The van der Waals surface area contributed by atoms with Gasteiger partial charge in [-0.2, -0.15) is 0 Å². The second kappa shape index (κ2) is 8.35. The van der Waals surface area contributed by atoms with Gasteiger partial charge in [-0.1, -0.05) is 20.3 Å². The van der Waals surface area contributed by atoms with Crippen LogP contribution in [0.1, 0.15) is 48.0 Å². The fourth-order valence-electron chi connectivity index (χ4n) is 2.56. The number of alkyl carbamates (subject to hydrolysis) is 1. The third-order valence-electron chi connectivity index (χ3n) is 4.19. The first-order chi connectivity index (χ1) is 11.0. The maximum absolute atomic E-state index is 12.8. The molecule has 0 bridgehead atoms. The van der Waals surface area contributed by atoms with Gasteiger partial charge in [0.2, 0.25) is 11.8 Å². The van der Waals surface area contributed by atoms with Gasteiger partial charge in [0.05, 0.1) is 0 Å². The number of ether oxygens (including phenoxy) is 1. The van der Waals surface area contributed by atoms with Crippen molar-refractivity contribution < 1.29 is 19.1 Å². The van der Waals surface area contributed by atoms with E-state index in [-0.39, 0.29) is 17.7 Å². The summed E-state index contributed by atoms with van der Waals surface area (Å²) in [5, 5.41) is 2.72. The number of carbonyl (C=O) groups is 3. The summed E-state index contributed by atoms with van der Waals surface area (Å²) in [6.07, 6.45) is 0.183. The zero-order chi connectivity index (χ0) is 18.5. The minimum atomic E-state index is -0.617. The number of nitrogens with one attached hydrogen (secondary N) is 1. The minimum absolute atomic E-state index is 0.00384. The van der Waals surface area contributed by atoms with E-state index in [1.807, 2.05) is 13.8 Å². The highest BCUT2D eigenvalue weighted by Crippen LogP contribution is 2.14. The van der Waals surface area contributed by atoms with E-state index in [9.17, 15) is 14.4 Å². The van der Waals surface area contributed by atoms with E-state index >= 15 is 0 Å². The van der Waals surface area contributed by atoms with Crippen molar-refractivity contribution in [1.82, 2.24) is 15.1 Å². The molecule has 1 saturated heterocycles. The molecule has 1 rings (SSSR count). The van der Waals surface area contributed by atoms with Gasteiger partial charge in [0, 0.05) is 33.1 Å². The highest BCUT2D eigenvalue weighted by molar-refractivity contribution is 5.86. The molecule has 2 atom stereocenters. The predicted octanol–water partition coefficient (Wildman–Crippen LogP) is 1.62. The molecule has 0 aromatic heterocycles. The quantitative estimate of drug-likeness (QED) is 0.843. The third kappa shape index (κ3) is 6.02. The van der Waals surface area contributed by atoms with Gasteiger partial charge in [0.25, 0.3) is 0 Å². The molecule has 24 heavy (non-hydrogen) atoms. The average molecular weight is 341 g/mol. The highest BCUT2D eigenvalue weighted by Gasteiger charge is 2.33. The number of hydrogen-bond acceptors (Lipinski definition) is 4. The van der Waals surface area contributed by atoms with Gasteiger partial charge in [-0.05, 0) is 26.7 Å². The number of carbonyl (C=O) groups excluding carboxylic acids is 3. The van der Waals surface area contributed by atoms with Gasteiger partial charge in [0.15, 0.2) is 0 Å². The monoisotopic (exact) mass is 341 g/mol. The van der Waals surface area contributed by atoms with Crippen molar-refractivity contribution in [3.05, 3.63) is 0 Å². The molecule has 0 saturated carbocycles. The van der Waals surface area contributed by atoms with Crippen LogP contribution in [0.15, 0.2) is 0 Å². The maximum Gasteiger partial charge on any atom is 0.408 e. The molecular weight excluding hydrogens is 310 g/mol. The standard InChI is InChI=1S/C17H31N3O4/c1-7-12(2)14(18-16(23)24-17(4,5)6)15(22)20-10-8-19(9-11-20)13(3)21/h12,14H,7-11H2,1-6H3,(H,18,23). The topological polar surface area (TPSA) is 79.0 Å². The Hall–Kier alpha value is -1.79.